The van der Waals surface area contributed by atoms with E-state index in [9.17, 15) is 28.1 Å². The number of hydrogen-bond acceptors (Lipinski definition) is 6. The molecule has 10 heteroatoms. The zero-order chi connectivity index (χ0) is 20.3. The van der Waals surface area contributed by atoms with Gasteiger partial charge in [0.1, 0.15) is 5.75 Å². The van der Waals surface area contributed by atoms with Crippen molar-refractivity contribution in [2.24, 2.45) is 0 Å². The minimum atomic E-state index is -1.57. The van der Waals surface area contributed by atoms with Gasteiger partial charge in [0.05, 0.1) is 12.0 Å². The molecule has 1 unspecified atom stereocenters. The van der Waals surface area contributed by atoms with Gasteiger partial charge in [-0.1, -0.05) is 0 Å². The lowest BCUT2D eigenvalue weighted by molar-refractivity contribution is -0.386. The van der Waals surface area contributed by atoms with Gasteiger partial charge in [0.15, 0.2) is 23.4 Å². The predicted molar refractivity (Wildman–Crippen MR) is 89.5 cm³/mol. The smallest absolute Gasteiger partial charge is 0.346 e. The zero-order valence-corrected chi connectivity index (χ0v) is 14.5. The van der Waals surface area contributed by atoms with E-state index in [2.05, 4.69) is 10.1 Å². The summed E-state index contributed by atoms with van der Waals surface area (Å²) in [4.78, 5) is 21.3. The van der Waals surface area contributed by atoms with Crippen LogP contribution in [0, 0.1) is 34.5 Å². The van der Waals surface area contributed by atoms with Gasteiger partial charge in [-0.2, -0.15) is 4.39 Å². The summed E-state index contributed by atoms with van der Waals surface area (Å²) in [5, 5.41) is 13.4. The first-order valence-electron chi connectivity index (χ1n) is 7.60. The van der Waals surface area contributed by atoms with Gasteiger partial charge in [-0.15, -0.1) is 0 Å². The summed E-state index contributed by atoms with van der Waals surface area (Å²) < 4.78 is 51.8. The molecular weight excluding hydrogens is 369 g/mol. The SMILES string of the molecule is COC(=O)C(C)Oc1ccc(Nc2c(F)c(F)c(C)c(F)c2[N+](=O)[O-])cc1. The third kappa shape index (κ3) is 4.10. The molecule has 0 saturated carbocycles. The van der Waals surface area contributed by atoms with Gasteiger partial charge in [-0.25, -0.2) is 13.6 Å². The molecule has 0 bridgehead atoms. The Bertz CT molecular complexity index is 887. The molecule has 0 aromatic heterocycles. The van der Waals surface area contributed by atoms with Gasteiger partial charge in [0.25, 0.3) is 0 Å². The monoisotopic (exact) mass is 384 g/mol. The molecule has 2 aromatic rings. The standard InChI is InChI=1S/C17H15F3N2O5/c1-8-12(18)14(20)15(16(13(8)19)22(24)25)21-10-4-6-11(7-5-10)27-9(2)17(23)26-3/h4-7,9,21H,1-3H3. The van der Waals surface area contributed by atoms with E-state index in [1.807, 2.05) is 0 Å². The van der Waals surface area contributed by atoms with Crippen LogP contribution in [-0.4, -0.2) is 24.1 Å². The number of anilines is 2. The Labute approximate surface area is 151 Å². The van der Waals surface area contributed by atoms with E-state index in [0.29, 0.717) is 0 Å². The van der Waals surface area contributed by atoms with Gasteiger partial charge in [-0.3, -0.25) is 10.1 Å². The van der Waals surface area contributed by atoms with Crippen LogP contribution in [0.15, 0.2) is 24.3 Å². The molecule has 0 saturated heterocycles. The number of rotatable bonds is 6. The maximum atomic E-state index is 14.1. The fraction of sp³-hybridized carbons (Fsp3) is 0.235. The summed E-state index contributed by atoms with van der Waals surface area (Å²) in [5.41, 5.74) is -2.81. The minimum Gasteiger partial charge on any atom is -0.479 e. The lowest BCUT2D eigenvalue weighted by Crippen LogP contribution is -2.24. The Morgan fingerprint density at radius 2 is 1.74 bits per heavy atom. The summed E-state index contributed by atoms with van der Waals surface area (Å²) in [6.07, 6.45) is -0.882. The van der Waals surface area contributed by atoms with Crippen LogP contribution in [0.5, 0.6) is 5.75 Å². The molecule has 0 heterocycles. The summed E-state index contributed by atoms with van der Waals surface area (Å²) >= 11 is 0. The van der Waals surface area contributed by atoms with Crippen LogP contribution in [0.2, 0.25) is 0 Å². The van der Waals surface area contributed by atoms with Crippen LogP contribution in [0.1, 0.15) is 12.5 Å². The van der Waals surface area contributed by atoms with Crippen molar-refractivity contribution in [1.29, 1.82) is 0 Å². The molecule has 2 rings (SSSR count). The predicted octanol–water partition coefficient (Wildman–Crippen LogP) is 4.00. The number of nitro benzene ring substituents is 1. The first-order chi connectivity index (χ1) is 12.7. The Kier molecular flexibility index (Phi) is 5.88. The number of nitrogens with zero attached hydrogens (tertiary/aromatic N) is 1. The third-order valence-corrected chi connectivity index (χ3v) is 3.67. The highest BCUT2D eigenvalue weighted by Crippen LogP contribution is 2.37. The highest BCUT2D eigenvalue weighted by molar-refractivity contribution is 5.74. The second-order valence-corrected chi connectivity index (χ2v) is 5.48. The summed E-state index contributed by atoms with van der Waals surface area (Å²) in [6, 6.07) is 5.43. The number of esters is 1. The summed E-state index contributed by atoms with van der Waals surface area (Å²) in [7, 11) is 1.20. The molecule has 1 N–H and O–H groups in total. The molecule has 27 heavy (non-hydrogen) atoms. The molecule has 0 radical (unpaired) electrons. The fourth-order valence-electron chi connectivity index (χ4n) is 2.23. The van der Waals surface area contributed by atoms with E-state index in [0.717, 1.165) is 6.92 Å². The van der Waals surface area contributed by atoms with E-state index in [1.165, 1.54) is 38.3 Å². The van der Waals surface area contributed by atoms with Gasteiger partial charge in [0, 0.05) is 11.3 Å². The lowest BCUT2D eigenvalue weighted by Gasteiger charge is -2.14. The van der Waals surface area contributed by atoms with Gasteiger partial charge >= 0.3 is 11.7 Å². The summed E-state index contributed by atoms with van der Waals surface area (Å²) in [5.74, 6) is -4.89. The number of halogens is 3. The van der Waals surface area contributed by atoms with Crippen molar-refractivity contribution in [3.05, 3.63) is 57.4 Å². The quantitative estimate of drug-likeness (QED) is 0.350. The van der Waals surface area contributed by atoms with Crippen LogP contribution in [-0.2, 0) is 9.53 Å². The Morgan fingerprint density at radius 3 is 2.26 bits per heavy atom. The van der Waals surface area contributed by atoms with Crippen LogP contribution in [0.25, 0.3) is 0 Å². The van der Waals surface area contributed by atoms with Crippen molar-refractivity contribution in [1.82, 2.24) is 0 Å². The van der Waals surface area contributed by atoms with Gasteiger partial charge < -0.3 is 14.8 Å². The largest absolute Gasteiger partial charge is 0.479 e. The summed E-state index contributed by atoms with van der Waals surface area (Å²) in [6.45, 7) is 2.37. The molecule has 0 aliphatic heterocycles. The van der Waals surface area contributed by atoms with Crippen molar-refractivity contribution < 1.29 is 32.4 Å². The number of hydrogen-bond donors (Lipinski definition) is 1. The maximum Gasteiger partial charge on any atom is 0.346 e. The zero-order valence-electron chi connectivity index (χ0n) is 14.5. The average molecular weight is 384 g/mol. The number of benzene rings is 2. The molecule has 0 aliphatic rings. The Hall–Kier alpha value is -3.30. The van der Waals surface area contributed by atoms with E-state index < -0.39 is 51.4 Å². The average Bonchev–Trinajstić information content (AvgIpc) is 2.64. The first kappa shape index (κ1) is 20.0. The third-order valence-electron chi connectivity index (χ3n) is 3.67. The molecule has 2 aromatic carbocycles. The van der Waals surface area contributed by atoms with E-state index in [-0.39, 0.29) is 11.4 Å². The Balaban J connectivity index is 2.33. The minimum absolute atomic E-state index is 0.109. The molecular formula is C17H15F3N2O5. The highest BCUT2D eigenvalue weighted by atomic mass is 19.2. The molecule has 7 nitrogen and oxygen atoms in total. The fourth-order valence-corrected chi connectivity index (χ4v) is 2.23. The normalized spacial score (nSPS) is 11.6. The lowest BCUT2D eigenvalue weighted by atomic mass is 10.1. The molecule has 0 spiro atoms. The molecule has 144 valence electrons. The number of carbonyl (C=O) groups excluding carboxylic acids is 1. The van der Waals surface area contributed by atoms with Crippen LogP contribution in [0.3, 0.4) is 0 Å². The first-order valence-corrected chi connectivity index (χ1v) is 7.60. The van der Waals surface area contributed by atoms with Crippen molar-refractivity contribution in [3.63, 3.8) is 0 Å². The van der Waals surface area contributed by atoms with Crippen LogP contribution in [0.4, 0.5) is 30.2 Å². The maximum absolute atomic E-state index is 14.1. The molecule has 0 amide bonds. The number of carbonyl (C=O) groups is 1. The number of methoxy groups -OCH3 is 1. The van der Waals surface area contributed by atoms with Gasteiger partial charge in [-0.05, 0) is 38.1 Å². The second kappa shape index (κ2) is 7.94. The topological polar surface area (TPSA) is 90.7 Å². The molecule has 1 atom stereocenters. The number of nitro groups is 1. The number of nitrogens with one attached hydrogen (secondary N) is 1. The van der Waals surface area contributed by atoms with E-state index >= 15 is 0 Å². The van der Waals surface area contributed by atoms with Crippen molar-refractivity contribution >= 4 is 23.0 Å². The van der Waals surface area contributed by atoms with Crippen molar-refractivity contribution in [3.8, 4) is 5.75 Å². The Morgan fingerprint density at radius 1 is 1.15 bits per heavy atom. The van der Waals surface area contributed by atoms with Gasteiger partial charge in [0.2, 0.25) is 5.82 Å². The van der Waals surface area contributed by atoms with Crippen LogP contribution < -0.4 is 10.1 Å². The molecule has 0 fully saturated rings. The second-order valence-electron chi connectivity index (χ2n) is 5.48. The van der Waals surface area contributed by atoms with Crippen LogP contribution >= 0.6 is 0 Å². The highest BCUT2D eigenvalue weighted by Gasteiger charge is 2.30. The van der Waals surface area contributed by atoms with E-state index in [4.69, 9.17) is 4.74 Å². The number of ether oxygens (including phenoxy) is 2. The van der Waals surface area contributed by atoms with Crippen molar-refractivity contribution in [2.45, 2.75) is 20.0 Å². The van der Waals surface area contributed by atoms with E-state index in [1.54, 1.807) is 0 Å². The van der Waals surface area contributed by atoms with Crippen molar-refractivity contribution in [2.75, 3.05) is 12.4 Å². The molecule has 0 aliphatic carbocycles.